The number of benzene rings is 1. The van der Waals surface area contributed by atoms with Crippen LogP contribution in [0.3, 0.4) is 0 Å². The van der Waals surface area contributed by atoms with Gasteiger partial charge in [-0.15, -0.1) is 0 Å². The van der Waals surface area contributed by atoms with Crippen molar-refractivity contribution in [1.82, 2.24) is 0 Å². The summed E-state index contributed by atoms with van der Waals surface area (Å²) in [5.41, 5.74) is 2.87. The van der Waals surface area contributed by atoms with Crippen LogP contribution in [0.4, 0.5) is 0 Å². The first kappa shape index (κ1) is 9.45. The molecule has 1 aliphatic rings. The minimum Gasteiger partial charge on any atom is -0.303 e. The lowest BCUT2D eigenvalue weighted by Crippen LogP contribution is -2.00. The van der Waals surface area contributed by atoms with E-state index in [1.54, 1.807) is 0 Å². The molecular formula is C13H16O. The smallest absolute Gasteiger partial charge is 0.120 e. The second kappa shape index (κ2) is 4.41. The molecule has 1 heteroatoms. The molecule has 0 aromatic heterocycles. The van der Waals surface area contributed by atoms with E-state index in [4.69, 9.17) is 0 Å². The Balaban J connectivity index is 2.31. The molecule has 1 atom stereocenters. The van der Waals surface area contributed by atoms with Crippen LogP contribution in [0.15, 0.2) is 24.3 Å². The normalized spacial score (nSPS) is 21.0. The van der Waals surface area contributed by atoms with Gasteiger partial charge in [0.05, 0.1) is 0 Å². The first-order valence-electron chi connectivity index (χ1n) is 5.43. The highest BCUT2D eigenvalue weighted by Gasteiger charge is 2.17. The van der Waals surface area contributed by atoms with E-state index < -0.39 is 0 Å². The number of aryl methyl sites for hydroxylation is 1. The maximum Gasteiger partial charge on any atom is 0.120 e. The minimum absolute atomic E-state index is 0.478. The highest BCUT2D eigenvalue weighted by molar-refractivity contribution is 5.52. The first-order valence-corrected chi connectivity index (χ1v) is 5.43. The highest BCUT2D eigenvalue weighted by atomic mass is 16.1. The van der Waals surface area contributed by atoms with E-state index in [0.717, 1.165) is 6.29 Å². The quantitative estimate of drug-likeness (QED) is 0.515. The molecule has 74 valence electrons. The minimum atomic E-state index is 0.478. The number of carbonyl (C=O) groups excluding carboxylic acids is 1. The largest absolute Gasteiger partial charge is 0.303 e. The Bertz CT molecular complexity index is 317. The Morgan fingerprint density at radius 3 is 3.00 bits per heavy atom. The van der Waals surface area contributed by atoms with Gasteiger partial charge in [-0.2, -0.15) is 0 Å². The molecular weight excluding hydrogens is 172 g/mol. The van der Waals surface area contributed by atoms with Crippen molar-refractivity contribution >= 4 is 6.29 Å². The van der Waals surface area contributed by atoms with Crippen molar-refractivity contribution in [3.05, 3.63) is 35.4 Å². The predicted octanol–water partition coefficient (Wildman–Crippen LogP) is 3.09. The Labute approximate surface area is 85.1 Å². The van der Waals surface area contributed by atoms with Gasteiger partial charge in [0.2, 0.25) is 0 Å². The first-order chi connectivity index (χ1) is 6.92. The molecule has 0 bridgehead atoms. The van der Waals surface area contributed by atoms with Crippen molar-refractivity contribution in [2.24, 2.45) is 0 Å². The maximum atomic E-state index is 10.6. The average molecular weight is 188 g/mol. The van der Waals surface area contributed by atoms with Crippen molar-refractivity contribution in [2.75, 3.05) is 0 Å². The summed E-state index contributed by atoms with van der Waals surface area (Å²) in [6, 6.07) is 8.58. The van der Waals surface area contributed by atoms with Crippen molar-refractivity contribution in [3.63, 3.8) is 0 Å². The lowest BCUT2D eigenvalue weighted by molar-refractivity contribution is -0.108. The summed E-state index contributed by atoms with van der Waals surface area (Å²) in [5.74, 6) is 0.478. The summed E-state index contributed by atoms with van der Waals surface area (Å²) >= 11 is 0. The van der Waals surface area contributed by atoms with E-state index in [0.29, 0.717) is 12.3 Å². The van der Waals surface area contributed by atoms with E-state index in [1.807, 2.05) is 0 Å². The van der Waals surface area contributed by atoms with Gasteiger partial charge in [0.25, 0.3) is 0 Å². The second-order valence-electron chi connectivity index (χ2n) is 4.04. The summed E-state index contributed by atoms with van der Waals surface area (Å²) in [5, 5.41) is 0. The number of fused-ring (bicyclic) bond motifs is 1. The van der Waals surface area contributed by atoms with Gasteiger partial charge in [-0.05, 0) is 36.3 Å². The summed E-state index contributed by atoms with van der Waals surface area (Å²) in [7, 11) is 0. The number of aldehydes is 1. The Kier molecular flexibility index (Phi) is 2.97. The van der Waals surface area contributed by atoms with Gasteiger partial charge in [0.1, 0.15) is 6.29 Å². The van der Waals surface area contributed by atoms with Gasteiger partial charge < -0.3 is 4.79 Å². The van der Waals surface area contributed by atoms with Gasteiger partial charge in [0, 0.05) is 6.42 Å². The molecule has 1 aromatic rings. The molecule has 0 saturated carbocycles. The van der Waals surface area contributed by atoms with E-state index in [-0.39, 0.29) is 0 Å². The van der Waals surface area contributed by atoms with E-state index in [9.17, 15) is 4.79 Å². The number of hydrogen-bond donors (Lipinski definition) is 0. The van der Waals surface area contributed by atoms with Gasteiger partial charge in [0.15, 0.2) is 0 Å². The fraction of sp³-hybridized carbons (Fsp3) is 0.462. The van der Waals surface area contributed by atoms with Crippen LogP contribution in [0.2, 0.25) is 0 Å². The molecule has 2 rings (SSSR count). The lowest BCUT2D eigenvalue weighted by Gasteiger charge is -2.14. The zero-order valence-electron chi connectivity index (χ0n) is 8.41. The van der Waals surface area contributed by atoms with Crippen molar-refractivity contribution < 1.29 is 4.79 Å². The zero-order valence-corrected chi connectivity index (χ0v) is 8.41. The molecule has 0 aliphatic heterocycles. The Morgan fingerprint density at radius 1 is 1.29 bits per heavy atom. The molecule has 0 N–H and O–H groups in total. The number of rotatable bonds is 2. The topological polar surface area (TPSA) is 17.1 Å². The predicted molar refractivity (Wildman–Crippen MR) is 57.4 cm³/mol. The number of hydrogen-bond acceptors (Lipinski definition) is 1. The van der Waals surface area contributed by atoms with Crippen LogP contribution in [0.25, 0.3) is 0 Å². The molecule has 0 radical (unpaired) electrons. The van der Waals surface area contributed by atoms with Crippen LogP contribution < -0.4 is 0 Å². The standard InChI is InChI=1S/C13H16O/c14-10-9-12-7-2-1-5-11-6-3-4-8-13(11)12/h3-4,6,8,10,12H,1-2,5,7,9H2. The van der Waals surface area contributed by atoms with E-state index >= 15 is 0 Å². The molecule has 1 aromatic carbocycles. The molecule has 1 unspecified atom stereocenters. The Morgan fingerprint density at radius 2 is 2.14 bits per heavy atom. The summed E-state index contributed by atoms with van der Waals surface area (Å²) in [4.78, 5) is 10.6. The molecule has 1 nitrogen and oxygen atoms in total. The zero-order chi connectivity index (χ0) is 9.80. The number of carbonyl (C=O) groups is 1. The summed E-state index contributed by atoms with van der Waals surface area (Å²) in [6.45, 7) is 0. The molecule has 0 heterocycles. The molecule has 1 aliphatic carbocycles. The fourth-order valence-electron chi connectivity index (χ4n) is 2.38. The summed E-state index contributed by atoms with van der Waals surface area (Å²) < 4.78 is 0. The average Bonchev–Trinajstić information content (AvgIpc) is 2.42. The third-order valence-electron chi connectivity index (χ3n) is 3.12. The third-order valence-corrected chi connectivity index (χ3v) is 3.12. The van der Waals surface area contributed by atoms with Crippen LogP contribution >= 0.6 is 0 Å². The third kappa shape index (κ3) is 1.87. The molecule has 14 heavy (non-hydrogen) atoms. The maximum absolute atomic E-state index is 10.6. The molecule has 0 fully saturated rings. The van der Waals surface area contributed by atoms with Crippen LogP contribution in [0.5, 0.6) is 0 Å². The molecule has 0 saturated heterocycles. The highest BCUT2D eigenvalue weighted by Crippen LogP contribution is 2.31. The van der Waals surface area contributed by atoms with Gasteiger partial charge in [-0.3, -0.25) is 0 Å². The fourth-order valence-corrected chi connectivity index (χ4v) is 2.38. The van der Waals surface area contributed by atoms with Gasteiger partial charge >= 0.3 is 0 Å². The molecule has 0 spiro atoms. The SMILES string of the molecule is O=CCC1CCCCc2ccccc21. The summed E-state index contributed by atoms with van der Waals surface area (Å²) in [6.07, 6.45) is 6.64. The van der Waals surface area contributed by atoms with E-state index in [2.05, 4.69) is 24.3 Å². The van der Waals surface area contributed by atoms with Crippen molar-refractivity contribution in [1.29, 1.82) is 0 Å². The Hall–Kier alpha value is -1.11. The monoisotopic (exact) mass is 188 g/mol. The van der Waals surface area contributed by atoms with Crippen LogP contribution in [-0.4, -0.2) is 6.29 Å². The van der Waals surface area contributed by atoms with Crippen LogP contribution in [0.1, 0.15) is 42.7 Å². The lowest BCUT2D eigenvalue weighted by atomic mass is 9.90. The molecule has 0 amide bonds. The van der Waals surface area contributed by atoms with E-state index in [1.165, 1.54) is 36.8 Å². The van der Waals surface area contributed by atoms with Crippen LogP contribution in [-0.2, 0) is 11.2 Å². The van der Waals surface area contributed by atoms with Gasteiger partial charge in [-0.1, -0.05) is 30.7 Å². The van der Waals surface area contributed by atoms with Crippen LogP contribution in [0, 0.1) is 0 Å². The second-order valence-corrected chi connectivity index (χ2v) is 4.04. The van der Waals surface area contributed by atoms with Crippen molar-refractivity contribution in [3.8, 4) is 0 Å². The van der Waals surface area contributed by atoms with Gasteiger partial charge in [-0.25, -0.2) is 0 Å². The van der Waals surface area contributed by atoms with Crippen molar-refractivity contribution in [2.45, 2.75) is 38.0 Å².